The second-order valence-electron chi connectivity index (χ2n) is 6.54. The molecule has 0 fully saturated rings. The summed E-state index contributed by atoms with van der Waals surface area (Å²) >= 11 is 0. The molecule has 1 aromatic carbocycles. The van der Waals surface area contributed by atoms with Crippen molar-refractivity contribution in [3.63, 3.8) is 0 Å². The van der Waals surface area contributed by atoms with Gasteiger partial charge in [0.25, 0.3) is 5.91 Å². The van der Waals surface area contributed by atoms with Crippen molar-refractivity contribution in [2.24, 2.45) is 10.9 Å². The number of aromatic nitrogens is 1. The van der Waals surface area contributed by atoms with Crippen LogP contribution in [-0.4, -0.2) is 54.5 Å². The van der Waals surface area contributed by atoms with Gasteiger partial charge in [0, 0.05) is 29.8 Å². The normalized spacial score (nSPS) is 16.5. The fraction of sp³-hybridized carbons (Fsp3) is 0.250. The number of carbonyl (C=O) groups excluding carboxylic acids is 3. The molecule has 0 aliphatic carbocycles. The molecule has 1 unspecified atom stereocenters. The van der Waals surface area contributed by atoms with Gasteiger partial charge in [-0.25, -0.2) is 8.78 Å². The summed E-state index contributed by atoms with van der Waals surface area (Å²) in [6, 6.07) is 5.64. The Kier molecular flexibility index (Phi) is 6.73. The predicted molar refractivity (Wildman–Crippen MR) is 105 cm³/mol. The molecule has 32 heavy (non-hydrogen) atoms. The third-order valence-corrected chi connectivity index (χ3v) is 4.60. The number of halogens is 2. The second-order valence-corrected chi connectivity index (χ2v) is 6.54. The van der Waals surface area contributed by atoms with Crippen LogP contribution < -0.4 is 15.1 Å². The number of ether oxygens (including phenoxy) is 2. The Labute approximate surface area is 180 Å². The van der Waals surface area contributed by atoms with E-state index in [1.165, 1.54) is 19.2 Å². The summed E-state index contributed by atoms with van der Waals surface area (Å²) in [5, 5.41) is 12.8. The van der Waals surface area contributed by atoms with Crippen molar-refractivity contribution < 1.29 is 37.8 Å². The number of fused-ring (bicyclic) bond motifs is 1. The molecule has 2 N–H and O–H groups in total. The minimum atomic E-state index is -1.67. The summed E-state index contributed by atoms with van der Waals surface area (Å²) in [6.07, 6.45) is 0. The average molecular weight is 448 g/mol. The minimum absolute atomic E-state index is 0.0243. The molecule has 168 valence electrons. The molecule has 10 nitrogen and oxygen atoms in total. The van der Waals surface area contributed by atoms with Crippen molar-refractivity contribution in [1.82, 2.24) is 10.3 Å². The molecule has 2 heterocycles. The molecule has 1 aliphatic heterocycles. The lowest BCUT2D eigenvalue weighted by molar-refractivity contribution is -0.139. The van der Waals surface area contributed by atoms with Crippen molar-refractivity contribution in [2.45, 2.75) is 6.54 Å². The highest BCUT2D eigenvalue weighted by atomic mass is 19.1. The Morgan fingerprint density at radius 2 is 2.00 bits per heavy atom. The monoisotopic (exact) mass is 448 g/mol. The maximum Gasteiger partial charge on any atom is 0.327 e. The van der Waals surface area contributed by atoms with Crippen LogP contribution in [0.2, 0.25) is 0 Å². The van der Waals surface area contributed by atoms with E-state index in [1.54, 1.807) is 0 Å². The number of hydroxylamine groups is 1. The predicted octanol–water partition coefficient (Wildman–Crippen LogP) is 0.999. The van der Waals surface area contributed by atoms with E-state index in [9.17, 15) is 28.4 Å². The van der Waals surface area contributed by atoms with Crippen LogP contribution in [0.4, 0.5) is 14.6 Å². The summed E-state index contributed by atoms with van der Waals surface area (Å²) in [5.41, 5.74) is -0.0680. The molecule has 2 amide bonds. The average Bonchev–Trinajstić information content (AvgIpc) is 2.79. The molecule has 0 radical (unpaired) electrons. The van der Waals surface area contributed by atoms with Gasteiger partial charge in [-0.3, -0.25) is 24.6 Å². The van der Waals surface area contributed by atoms with Gasteiger partial charge in [-0.1, -0.05) is 6.07 Å². The molecule has 1 aliphatic rings. The molecule has 1 aromatic heterocycles. The first-order valence-corrected chi connectivity index (χ1v) is 9.17. The Morgan fingerprint density at radius 1 is 1.25 bits per heavy atom. The van der Waals surface area contributed by atoms with E-state index in [0.29, 0.717) is 6.07 Å². The van der Waals surface area contributed by atoms with E-state index < -0.39 is 41.9 Å². The van der Waals surface area contributed by atoms with Gasteiger partial charge < -0.3 is 14.8 Å². The Hall–Kier alpha value is -3.93. The number of nitrogens with one attached hydrogen (secondary N) is 1. The summed E-state index contributed by atoms with van der Waals surface area (Å²) in [7, 11) is 2.48. The van der Waals surface area contributed by atoms with Gasteiger partial charge >= 0.3 is 5.97 Å². The molecule has 3 rings (SSSR count). The van der Waals surface area contributed by atoms with E-state index in [0.717, 1.165) is 19.2 Å². The molecule has 0 spiro atoms. The third kappa shape index (κ3) is 4.54. The van der Waals surface area contributed by atoms with Crippen LogP contribution in [0.25, 0.3) is 0 Å². The maximum absolute atomic E-state index is 13.9. The zero-order chi connectivity index (χ0) is 23.4. The molecular weight excluding hydrogens is 430 g/mol. The number of hydrogen-bond donors (Lipinski definition) is 2. The lowest BCUT2D eigenvalue weighted by atomic mass is 9.91. The van der Waals surface area contributed by atoms with Crippen LogP contribution in [0, 0.1) is 17.6 Å². The van der Waals surface area contributed by atoms with Crippen molar-refractivity contribution in [3.8, 4) is 5.88 Å². The van der Waals surface area contributed by atoms with E-state index in [1.807, 2.05) is 0 Å². The first kappa shape index (κ1) is 22.7. The van der Waals surface area contributed by atoms with Crippen LogP contribution in [0.15, 0.2) is 35.3 Å². The van der Waals surface area contributed by atoms with Crippen LogP contribution in [0.5, 0.6) is 5.88 Å². The van der Waals surface area contributed by atoms with E-state index in [4.69, 9.17) is 4.74 Å². The Balaban J connectivity index is 1.96. The quantitative estimate of drug-likeness (QED) is 0.383. The standard InChI is InChI=1S/C20H18F2N4O6/c1-31-14-6-5-12-17(23-9-15(27)32-2)16(20(29)26(30)18(12)25-14)19(28)24-8-10-3-4-11(21)7-13(10)22/h3-7,16,30H,8-9H2,1-2H3,(H,24,28). The van der Waals surface area contributed by atoms with Gasteiger partial charge in [0.15, 0.2) is 11.7 Å². The van der Waals surface area contributed by atoms with Crippen LogP contribution in [0.1, 0.15) is 11.1 Å². The number of aliphatic imine (C=N–C) groups is 1. The Morgan fingerprint density at radius 3 is 2.66 bits per heavy atom. The number of methoxy groups -OCH3 is 2. The zero-order valence-corrected chi connectivity index (χ0v) is 17.0. The van der Waals surface area contributed by atoms with E-state index >= 15 is 0 Å². The first-order valence-electron chi connectivity index (χ1n) is 9.17. The molecule has 0 bridgehead atoms. The topological polar surface area (TPSA) is 130 Å². The summed E-state index contributed by atoms with van der Waals surface area (Å²) < 4.78 is 36.5. The van der Waals surface area contributed by atoms with Crippen molar-refractivity contribution in [1.29, 1.82) is 0 Å². The number of carbonyl (C=O) groups is 3. The van der Waals surface area contributed by atoms with Gasteiger partial charge in [-0.15, -0.1) is 0 Å². The number of nitrogens with zero attached hydrogens (tertiary/aromatic N) is 3. The van der Waals surface area contributed by atoms with Gasteiger partial charge in [0.05, 0.1) is 19.9 Å². The molecular formula is C20H18F2N4O6. The molecule has 0 saturated heterocycles. The minimum Gasteiger partial charge on any atom is -0.481 e. The number of pyridine rings is 1. The lowest BCUT2D eigenvalue weighted by Crippen LogP contribution is -2.50. The van der Waals surface area contributed by atoms with Crippen molar-refractivity contribution in [2.75, 3.05) is 25.8 Å². The summed E-state index contributed by atoms with van der Waals surface area (Å²) in [4.78, 5) is 45.3. The summed E-state index contributed by atoms with van der Waals surface area (Å²) in [6.45, 7) is -0.870. The number of benzene rings is 1. The number of amides is 2. The number of rotatable bonds is 6. The van der Waals surface area contributed by atoms with Crippen LogP contribution in [-0.2, 0) is 25.7 Å². The van der Waals surface area contributed by atoms with Crippen LogP contribution >= 0.6 is 0 Å². The highest BCUT2D eigenvalue weighted by Gasteiger charge is 2.43. The SMILES string of the molecule is COC(=O)CN=C1c2ccc(OC)nc2N(O)C(=O)C1C(=O)NCc1ccc(F)cc1F. The molecule has 2 aromatic rings. The molecule has 1 atom stereocenters. The highest BCUT2D eigenvalue weighted by molar-refractivity contribution is 6.32. The van der Waals surface area contributed by atoms with E-state index in [-0.39, 0.29) is 40.1 Å². The Bertz CT molecular complexity index is 1110. The summed E-state index contributed by atoms with van der Waals surface area (Å²) in [5.74, 6) is -6.26. The molecule has 12 heteroatoms. The van der Waals surface area contributed by atoms with E-state index in [2.05, 4.69) is 20.0 Å². The smallest absolute Gasteiger partial charge is 0.327 e. The largest absolute Gasteiger partial charge is 0.481 e. The third-order valence-electron chi connectivity index (χ3n) is 4.60. The van der Waals surface area contributed by atoms with Gasteiger partial charge in [0.1, 0.15) is 18.2 Å². The number of hydrogen-bond acceptors (Lipinski definition) is 8. The van der Waals surface area contributed by atoms with Crippen molar-refractivity contribution in [3.05, 3.63) is 53.1 Å². The second kappa shape index (κ2) is 9.47. The first-order chi connectivity index (χ1) is 15.3. The lowest BCUT2D eigenvalue weighted by Gasteiger charge is -2.29. The number of anilines is 1. The van der Waals surface area contributed by atoms with Gasteiger partial charge in [-0.05, 0) is 12.1 Å². The van der Waals surface area contributed by atoms with Gasteiger partial charge in [-0.2, -0.15) is 10.0 Å². The maximum atomic E-state index is 13.9. The molecule has 0 saturated carbocycles. The van der Waals surface area contributed by atoms with Crippen LogP contribution in [0.3, 0.4) is 0 Å². The zero-order valence-electron chi connectivity index (χ0n) is 17.0. The fourth-order valence-electron chi connectivity index (χ4n) is 2.98. The number of esters is 1. The fourth-order valence-corrected chi connectivity index (χ4v) is 2.98. The highest BCUT2D eigenvalue weighted by Crippen LogP contribution is 2.30. The van der Waals surface area contributed by atoms with Gasteiger partial charge in [0.2, 0.25) is 11.8 Å². The van der Waals surface area contributed by atoms with Crippen molar-refractivity contribution >= 4 is 29.3 Å².